The van der Waals surface area contributed by atoms with Gasteiger partial charge in [-0.25, -0.2) is 4.79 Å². The van der Waals surface area contributed by atoms with Crippen molar-refractivity contribution in [2.75, 3.05) is 5.32 Å². The highest BCUT2D eigenvalue weighted by atomic mass is 35.5. The average molecular weight is 455 g/mol. The molecule has 32 heavy (non-hydrogen) atoms. The molecule has 0 aliphatic heterocycles. The van der Waals surface area contributed by atoms with Crippen LogP contribution in [0.4, 0.5) is 16.2 Å². The monoisotopic (exact) mass is 454 g/mol. The highest BCUT2D eigenvalue weighted by Crippen LogP contribution is 2.20. The zero-order chi connectivity index (χ0) is 23.3. The molecular formula is C24H27ClN4O3. The number of hydrogen-bond acceptors (Lipinski definition) is 3. The van der Waals surface area contributed by atoms with E-state index in [4.69, 9.17) is 11.6 Å². The van der Waals surface area contributed by atoms with E-state index in [2.05, 4.69) is 23.7 Å². The third kappa shape index (κ3) is 5.88. The van der Waals surface area contributed by atoms with Crippen molar-refractivity contribution in [1.29, 1.82) is 0 Å². The molecule has 0 radical (unpaired) electrons. The molecule has 168 valence electrons. The minimum atomic E-state index is -0.465. The molecule has 0 saturated carbocycles. The lowest BCUT2D eigenvalue weighted by Gasteiger charge is -2.32. The van der Waals surface area contributed by atoms with E-state index in [1.54, 1.807) is 4.90 Å². The molecule has 1 unspecified atom stereocenters. The number of nitrogens with zero attached hydrogens (tertiary/aromatic N) is 3. The number of benzene rings is 2. The number of carbonyl (C=O) groups excluding carboxylic acids is 1. The fraction of sp³-hybridized carbons (Fsp3) is 0.292. The molecule has 0 aliphatic carbocycles. The Hall–Kier alpha value is -3.32. The number of anilines is 1. The summed E-state index contributed by atoms with van der Waals surface area (Å²) in [6, 6.07) is 17.2. The molecule has 0 bridgehead atoms. The predicted molar refractivity (Wildman–Crippen MR) is 127 cm³/mol. The van der Waals surface area contributed by atoms with Gasteiger partial charge in [0.05, 0.1) is 11.5 Å². The highest BCUT2D eigenvalue weighted by Gasteiger charge is 2.24. The fourth-order valence-corrected chi connectivity index (χ4v) is 3.59. The smallest absolute Gasteiger partial charge is 0.322 e. The van der Waals surface area contributed by atoms with Gasteiger partial charge in [-0.05, 0) is 54.8 Å². The molecule has 0 fully saturated rings. The van der Waals surface area contributed by atoms with Crippen LogP contribution < -0.4 is 5.32 Å². The summed E-state index contributed by atoms with van der Waals surface area (Å²) in [5, 5.41) is 14.4. The quantitative estimate of drug-likeness (QED) is 0.326. The number of nitro benzene ring substituents is 1. The van der Waals surface area contributed by atoms with Crippen molar-refractivity contribution in [3.05, 3.63) is 93.3 Å². The third-order valence-corrected chi connectivity index (χ3v) is 5.78. The second kappa shape index (κ2) is 10.3. The molecule has 8 heteroatoms. The van der Waals surface area contributed by atoms with Crippen molar-refractivity contribution in [2.45, 2.75) is 39.9 Å². The Labute approximate surface area is 192 Å². The van der Waals surface area contributed by atoms with E-state index in [-0.39, 0.29) is 23.7 Å². The Balaban J connectivity index is 1.79. The minimum Gasteiger partial charge on any atom is -0.345 e. The molecule has 3 rings (SSSR count). The van der Waals surface area contributed by atoms with Gasteiger partial charge in [-0.15, -0.1) is 0 Å². The lowest BCUT2D eigenvalue weighted by molar-refractivity contribution is -0.384. The second-order valence-electron chi connectivity index (χ2n) is 8.10. The maximum atomic E-state index is 13.2. The van der Waals surface area contributed by atoms with Crippen LogP contribution in [0.2, 0.25) is 5.02 Å². The van der Waals surface area contributed by atoms with Gasteiger partial charge in [-0.1, -0.05) is 37.6 Å². The van der Waals surface area contributed by atoms with Crippen molar-refractivity contribution < 1.29 is 9.72 Å². The normalized spacial score (nSPS) is 11.9. The first kappa shape index (κ1) is 23.3. The van der Waals surface area contributed by atoms with Gasteiger partial charge in [0.1, 0.15) is 0 Å². The largest absolute Gasteiger partial charge is 0.345 e. The van der Waals surface area contributed by atoms with Gasteiger partial charge in [0.15, 0.2) is 0 Å². The standard InChI is InChI=1S/C24H27ClN4O3/c1-17(2)18(3)28(24(30)26-21-9-11-22(12-10-21)29(31)32)16-23-8-5-13-27(23)15-19-6-4-7-20(25)14-19/h4-14,17-18H,15-16H2,1-3H3,(H,26,30). The Morgan fingerprint density at radius 3 is 2.47 bits per heavy atom. The molecule has 1 N–H and O–H groups in total. The van der Waals surface area contributed by atoms with Gasteiger partial charge in [-0.2, -0.15) is 0 Å². The van der Waals surface area contributed by atoms with Crippen molar-refractivity contribution in [2.24, 2.45) is 5.92 Å². The van der Waals surface area contributed by atoms with Crippen LogP contribution in [0.25, 0.3) is 0 Å². The van der Waals surface area contributed by atoms with E-state index in [0.717, 1.165) is 11.3 Å². The molecule has 1 atom stereocenters. The predicted octanol–water partition coefficient (Wildman–Crippen LogP) is 6.18. The number of nitro groups is 1. The summed E-state index contributed by atoms with van der Waals surface area (Å²) < 4.78 is 2.10. The number of rotatable bonds is 8. The maximum absolute atomic E-state index is 13.2. The molecule has 7 nitrogen and oxygen atoms in total. The summed E-state index contributed by atoms with van der Waals surface area (Å²) in [5.41, 5.74) is 2.56. The van der Waals surface area contributed by atoms with E-state index in [0.29, 0.717) is 23.8 Å². The number of halogens is 1. The summed E-state index contributed by atoms with van der Waals surface area (Å²) in [6.45, 7) is 7.23. The molecular weight excluding hydrogens is 428 g/mol. The van der Waals surface area contributed by atoms with Crippen molar-refractivity contribution >= 4 is 29.0 Å². The van der Waals surface area contributed by atoms with Gasteiger partial charge in [-0.3, -0.25) is 10.1 Å². The molecule has 1 aromatic heterocycles. The zero-order valence-electron chi connectivity index (χ0n) is 18.4. The van der Waals surface area contributed by atoms with Crippen molar-refractivity contribution in [3.8, 4) is 0 Å². The number of non-ortho nitro benzene ring substituents is 1. The Bertz CT molecular complexity index is 1080. The lowest BCUT2D eigenvalue weighted by Crippen LogP contribution is -2.43. The molecule has 2 amide bonds. The first-order chi connectivity index (χ1) is 15.2. The molecule has 0 spiro atoms. The Kier molecular flexibility index (Phi) is 7.53. The first-order valence-corrected chi connectivity index (χ1v) is 10.8. The van der Waals surface area contributed by atoms with Crippen LogP contribution in [0, 0.1) is 16.0 Å². The number of carbonyl (C=O) groups is 1. The number of amides is 2. The highest BCUT2D eigenvalue weighted by molar-refractivity contribution is 6.30. The maximum Gasteiger partial charge on any atom is 0.322 e. The van der Waals surface area contributed by atoms with E-state index in [1.807, 2.05) is 49.5 Å². The van der Waals surface area contributed by atoms with E-state index >= 15 is 0 Å². The van der Waals surface area contributed by atoms with Crippen LogP contribution in [0.3, 0.4) is 0 Å². The SMILES string of the molecule is CC(C)C(C)N(Cc1cccn1Cc1cccc(Cl)c1)C(=O)Nc1ccc([N+](=O)[O-])cc1. The Morgan fingerprint density at radius 1 is 1.12 bits per heavy atom. The molecule has 0 aliphatic rings. The number of hydrogen-bond donors (Lipinski definition) is 1. The van der Waals surface area contributed by atoms with Crippen LogP contribution in [0.5, 0.6) is 0 Å². The van der Waals surface area contributed by atoms with E-state index in [9.17, 15) is 14.9 Å². The van der Waals surface area contributed by atoms with Gasteiger partial charge in [0.25, 0.3) is 5.69 Å². The van der Waals surface area contributed by atoms with E-state index < -0.39 is 4.92 Å². The average Bonchev–Trinajstić information content (AvgIpc) is 3.18. The summed E-state index contributed by atoms with van der Waals surface area (Å²) in [7, 11) is 0. The molecule has 3 aromatic rings. The number of aromatic nitrogens is 1. The summed E-state index contributed by atoms with van der Waals surface area (Å²) in [6.07, 6.45) is 1.99. The zero-order valence-corrected chi connectivity index (χ0v) is 19.1. The molecule has 1 heterocycles. The van der Waals surface area contributed by atoms with Crippen LogP contribution in [0.15, 0.2) is 66.9 Å². The molecule has 2 aromatic carbocycles. The molecule has 0 saturated heterocycles. The Morgan fingerprint density at radius 2 is 1.84 bits per heavy atom. The summed E-state index contributed by atoms with van der Waals surface area (Å²) in [5.74, 6) is 0.244. The number of urea groups is 1. The van der Waals surface area contributed by atoms with Gasteiger partial charge in [0.2, 0.25) is 0 Å². The minimum absolute atomic E-state index is 0.0192. The first-order valence-electron chi connectivity index (χ1n) is 10.4. The van der Waals surface area contributed by atoms with Crippen LogP contribution in [0.1, 0.15) is 32.0 Å². The van der Waals surface area contributed by atoms with Crippen LogP contribution >= 0.6 is 11.6 Å². The van der Waals surface area contributed by atoms with Gasteiger partial charge >= 0.3 is 6.03 Å². The second-order valence-corrected chi connectivity index (χ2v) is 8.54. The number of nitrogens with one attached hydrogen (secondary N) is 1. The topological polar surface area (TPSA) is 80.4 Å². The van der Waals surface area contributed by atoms with Crippen LogP contribution in [-0.4, -0.2) is 26.5 Å². The third-order valence-electron chi connectivity index (χ3n) is 5.54. The van der Waals surface area contributed by atoms with Crippen LogP contribution in [-0.2, 0) is 13.1 Å². The fourth-order valence-electron chi connectivity index (χ4n) is 3.38. The van der Waals surface area contributed by atoms with E-state index in [1.165, 1.54) is 24.3 Å². The summed E-state index contributed by atoms with van der Waals surface area (Å²) >= 11 is 6.12. The van der Waals surface area contributed by atoms with Gasteiger partial charge < -0.3 is 14.8 Å². The van der Waals surface area contributed by atoms with Crippen molar-refractivity contribution in [3.63, 3.8) is 0 Å². The van der Waals surface area contributed by atoms with Crippen molar-refractivity contribution in [1.82, 2.24) is 9.47 Å². The lowest BCUT2D eigenvalue weighted by atomic mass is 10.0. The summed E-state index contributed by atoms with van der Waals surface area (Å²) in [4.78, 5) is 25.4. The van der Waals surface area contributed by atoms with Gasteiger partial charge in [0, 0.05) is 47.3 Å².